The van der Waals surface area contributed by atoms with E-state index < -0.39 is 11.7 Å². The van der Waals surface area contributed by atoms with Crippen molar-refractivity contribution in [2.75, 3.05) is 0 Å². The number of aryl methyl sites for hydroxylation is 1. The Hall–Kier alpha value is -3.10. The largest absolute Gasteiger partial charge is 0.487 e. The van der Waals surface area contributed by atoms with E-state index in [0.29, 0.717) is 22.8 Å². The topological polar surface area (TPSA) is 67.5 Å². The number of nitrogens with zero attached hydrogens (tertiary/aromatic N) is 1. The fraction of sp³-hybridized carbons (Fsp3) is 0.227. The molecule has 30 heavy (non-hydrogen) atoms. The lowest BCUT2D eigenvalue weighted by molar-refractivity contribution is -0.137. The molecule has 1 unspecified atom stereocenters. The van der Waals surface area contributed by atoms with Gasteiger partial charge in [0.05, 0.1) is 5.56 Å². The summed E-state index contributed by atoms with van der Waals surface area (Å²) in [6.45, 7) is 3.68. The zero-order valence-electron chi connectivity index (χ0n) is 16.4. The van der Waals surface area contributed by atoms with Gasteiger partial charge in [0, 0.05) is 11.6 Å². The molecule has 3 rings (SSSR count). The standard InChI is InChI=1S/C22H21F3N2O3/c1-14(27-28)6-7-16-4-3-5-19(12-16)29-13-20-15(2)30-21(26-20)17-8-10-18(11-9-17)22(23,24)25/h3-12,14,27-28H,13H2,1-2H3/b7-6+. The summed E-state index contributed by atoms with van der Waals surface area (Å²) in [5.74, 6) is 1.39. The van der Waals surface area contributed by atoms with Gasteiger partial charge in [-0.2, -0.15) is 18.7 Å². The van der Waals surface area contributed by atoms with Crippen LogP contribution in [0.25, 0.3) is 17.5 Å². The van der Waals surface area contributed by atoms with Gasteiger partial charge in [0.25, 0.3) is 0 Å². The van der Waals surface area contributed by atoms with E-state index in [1.165, 1.54) is 12.1 Å². The third-order valence-electron chi connectivity index (χ3n) is 4.37. The molecule has 2 N–H and O–H groups in total. The van der Waals surface area contributed by atoms with Gasteiger partial charge in [-0.25, -0.2) is 4.98 Å². The number of hydroxylamine groups is 1. The second kappa shape index (κ2) is 9.15. The molecular formula is C22H21F3N2O3. The summed E-state index contributed by atoms with van der Waals surface area (Å²) in [7, 11) is 0. The van der Waals surface area contributed by atoms with Crippen LogP contribution in [0.15, 0.2) is 59.0 Å². The van der Waals surface area contributed by atoms with Crippen molar-refractivity contribution in [1.29, 1.82) is 0 Å². The van der Waals surface area contributed by atoms with Crippen molar-refractivity contribution in [2.24, 2.45) is 0 Å². The number of benzene rings is 2. The molecule has 0 aliphatic carbocycles. The highest BCUT2D eigenvalue weighted by atomic mass is 19.4. The van der Waals surface area contributed by atoms with Crippen LogP contribution in [0.3, 0.4) is 0 Å². The zero-order chi connectivity index (χ0) is 21.7. The highest BCUT2D eigenvalue weighted by Gasteiger charge is 2.30. The van der Waals surface area contributed by atoms with Crippen LogP contribution in [0.1, 0.15) is 29.5 Å². The van der Waals surface area contributed by atoms with Crippen LogP contribution < -0.4 is 10.2 Å². The first kappa shape index (κ1) is 21.6. The first-order valence-corrected chi connectivity index (χ1v) is 9.21. The Morgan fingerprint density at radius 3 is 2.60 bits per heavy atom. The van der Waals surface area contributed by atoms with Gasteiger partial charge in [-0.3, -0.25) is 0 Å². The summed E-state index contributed by atoms with van der Waals surface area (Å²) in [5.41, 5.74) is 3.32. The molecule has 3 aromatic rings. The Bertz CT molecular complexity index is 1010. The molecule has 0 radical (unpaired) electrons. The first-order valence-electron chi connectivity index (χ1n) is 9.21. The number of nitrogens with one attached hydrogen (secondary N) is 1. The van der Waals surface area contributed by atoms with Gasteiger partial charge in [0.2, 0.25) is 5.89 Å². The molecule has 0 saturated carbocycles. The predicted molar refractivity (Wildman–Crippen MR) is 106 cm³/mol. The van der Waals surface area contributed by atoms with E-state index in [0.717, 1.165) is 17.7 Å². The molecule has 1 atom stereocenters. The van der Waals surface area contributed by atoms with Crippen molar-refractivity contribution in [3.8, 4) is 17.2 Å². The van der Waals surface area contributed by atoms with E-state index in [1.807, 2.05) is 24.3 Å². The van der Waals surface area contributed by atoms with E-state index in [1.54, 1.807) is 26.0 Å². The number of ether oxygens (including phenoxy) is 1. The average Bonchev–Trinajstić information content (AvgIpc) is 3.11. The Balaban J connectivity index is 1.69. The van der Waals surface area contributed by atoms with Crippen LogP contribution >= 0.6 is 0 Å². The molecule has 5 nitrogen and oxygen atoms in total. The molecule has 0 aliphatic heterocycles. The molecule has 8 heteroatoms. The average molecular weight is 418 g/mol. The number of hydrogen-bond donors (Lipinski definition) is 2. The Morgan fingerprint density at radius 2 is 1.93 bits per heavy atom. The Kier molecular flexibility index (Phi) is 6.59. The van der Waals surface area contributed by atoms with Gasteiger partial charge in [-0.05, 0) is 55.8 Å². The van der Waals surface area contributed by atoms with Crippen LogP contribution in [0.5, 0.6) is 5.75 Å². The third kappa shape index (κ3) is 5.49. The minimum absolute atomic E-state index is 0.151. The number of hydrogen-bond acceptors (Lipinski definition) is 5. The van der Waals surface area contributed by atoms with Crippen LogP contribution in [-0.4, -0.2) is 16.2 Å². The molecular weight excluding hydrogens is 397 g/mol. The summed E-state index contributed by atoms with van der Waals surface area (Å²) in [5, 5.41) is 8.85. The van der Waals surface area contributed by atoms with Crippen LogP contribution in [-0.2, 0) is 12.8 Å². The molecule has 0 fully saturated rings. The second-order valence-corrected chi connectivity index (χ2v) is 6.74. The molecule has 0 spiro atoms. The highest BCUT2D eigenvalue weighted by Crippen LogP contribution is 2.31. The maximum Gasteiger partial charge on any atom is 0.416 e. The van der Waals surface area contributed by atoms with E-state index >= 15 is 0 Å². The van der Waals surface area contributed by atoms with Crippen molar-refractivity contribution in [2.45, 2.75) is 32.7 Å². The minimum Gasteiger partial charge on any atom is -0.487 e. The summed E-state index contributed by atoms with van der Waals surface area (Å²) in [6.07, 6.45) is -0.734. The summed E-state index contributed by atoms with van der Waals surface area (Å²) < 4.78 is 49.5. The van der Waals surface area contributed by atoms with Crippen molar-refractivity contribution in [3.63, 3.8) is 0 Å². The van der Waals surface area contributed by atoms with Crippen molar-refractivity contribution < 1.29 is 27.5 Å². The number of aromatic nitrogens is 1. The van der Waals surface area contributed by atoms with Gasteiger partial charge in [-0.1, -0.05) is 24.3 Å². The van der Waals surface area contributed by atoms with Gasteiger partial charge in [0.1, 0.15) is 23.8 Å². The number of halogens is 3. The Labute approximate surface area is 171 Å². The van der Waals surface area contributed by atoms with Crippen LogP contribution in [0.2, 0.25) is 0 Å². The Morgan fingerprint density at radius 1 is 1.20 bits per heavy atom. The maximum atomic E-state index is 12.7. The second-order valence-electron chi connectivity index (χ2n) is 6.74. The van der Waals surface area contributed by atoms with Crippen molar-refractivity contribution in [1.82, 2.24) is 10.5 Å². The number of alkyl halides is 3. The first-order chi connectivity index (χ1) is 14.3. The van der Waals surface area contributed by atoms with Gasteiger partial charge >= 0.3 is 6.18 Å². The predicted octanol–water partition coefficient (Wildman–Crippen LogP) is 5.63. The maximum absolute atomic E-state index is 12.7. The van der Waals surface area contributed by atoms with Crippen LogP contribution in [0, 0.1) is 6.92 Å². The fourth-order valence-corrected chi connectivity index (χ4v) is 2.65. The fourth-order valence-electron chi connectivity index (χ4n) is 2.65. The molecule has 2 aromatic carbocycles. The van der Waals surface area contributed by atoms with Gasteiger partial charge < -0.3 is 14.4 Å². The lowest BCUT2D eigenvalue weighted by Gasteiger charge is -2.06. The lowest BCUT2D eigenvalue weighted by atomic mass is 10.1. The quantitative estimate of drug-likeness (QED) is 0.487. The van der Waals surface area contributed by atoms with Gasteiger partial charge in [-0.15, -0.1) is 0 Å². The summed E-state index contributed by atoms with van der Waals surface area (Å²) in [6, 6.07) is 11.9. The SMILES string of the molecule is Cc1oc(-c2ccc(C(F)(F)F)cc2)nc1COc1cccc(/C=C/C(C)NO)c1. The van der Waals surface area contributed by atoms with E-state index in [-0.39, 0.29) is 18.5 Å². The van der Waals surface area contributed by atoms with E-state index in [9.17, 15) is 13.2 Å². The number of rotatable bonds is 7. The normalized spacial score (nSPS) is 13.0. The van der Waals surface area contributed by atoms with Crippen molar-refractivity contribution in [3.05, 3.63) is 77.2 Å². The molecule has 0 saturated heterocycles. The molecule has 158 valence electrons. The molecule has 1 aromatic heterocycles. The molecule has 0 amide bonds. The highest BCUT2D eigenvalue weighted by molar-refractivity contribution is 5.55. The summed E-state index contributed by atoms with van der Waals surface area (Å²) >= 11 is 0. The monoisotopic (exact) mass is 418 g/mol. The molecule has 0 aliphatic rings. The molecule has 0 bridgehead atoms. The number of oxazole rings is 1. The summed E-state index contributed by atoms with van der Waals surface area (Å²) in [4.78, 5) is 4.36. The smallest absolute Gasteiger partial charge is 0.416 e. The third-order valence-corrected chi connectivity index (χ3v) is 4.37. The van der Waals surface area contributed by atoms with Crippen LogP contribution in [0.4, 0.5) is 13.2 Å². The van der Waals surface area contributed by atoms with E-state index in [4.69, 9.17) is 14.4 Å². The lowest BCUT2D eigenvalue weighted by Crippen LogP contribution is -2.18. The zero-order valence-corrected chi connectivity index (χ0v) is 16.4. The van der Waals surface area contributed by atoms with Crippen molar-refractivity contribution >= 4 is 6.08 Å². The minimum atomic E-state index is -4.39. The van der Waals surface area contributed by atoms with Gasteiger partial charge in [0.15, 0.2) is 0 Å². The molecule has 1 heterocycles. The van der Waals surface area contributed by atoms with E-state index in [2.05, 4.69) is 10.5 Å².